The Kier molecular flexibility index (Phi) is 6.19. The smallest absolute Gasteiger partial charge is 0.257 e. The van der Waals surface area contributed by atoms with Gasteiger partial charge in [-0.3, -0.25) is 4.79 Å². The molecule has 0 atom stereocenters. The highest BCUT2D eigenvalue weighted by molar-refractivity contribution is 7.89. The molecule has 1 fully saturated rings. The van der Waals surface area contributed by atoms with Crippen molar-refractivity contribution >= 4 is 50.5 Å². The van der Waals surface area contributed by atoms with E-state index < -0.39 is 15.9 Å². The van der Waals surface area contributed by atoms with E-state index in [9.17, 15) is 13.2 Å². The normalized spacial score (nSPS) is 14.9. The summed E-state index contributed by atoms with van der Waals surface area (Å²) in [5, 5.41) is 3.42. The lowest BCUT2D eigenvalue weighted by Gasteiger charge is -2.19. The molecule has 2 aromatic carbocycles. The second kappa shape index (κ2) is 8.29. The Morgan fingerprint density at radius 2 is 1.75 bits per heavy atom. The molecule has 0 saturated carbocycles. The van der Waals surface area contributed by atoms with Crippen LogP contribution in [0, 0.1) is 0 Å². The Bertz CT molecular complexity index is 1000. The van der Waals surface area contributed by atoms with Gasteiger partial charge in [0, 0.05) is 32.2 Å². The molecule has 6 nitrogen and oxygen atoms in total. The number of sulfonamides is 1. The standard InChI is InChI=1S/C19H21Cl2N3O3S/c1-23(2)18-8-5-13(20)11-17(18)22-19(25)15-12-14(6-7-16(15)21)28(26,27)24-9-3-4-10-24/h5-8,11-12H,3-4,9-10H2,1-2H3,(H,22,25). The van der Waals surface area contributed by atoms with Gasteiger partial charge in [-0.1, -0.05) is 23.2 Å². The highest BCUT2D eigenvalue weighted by Gasteiger charge is 2.28. The fraction of sp³-hybridized carbons (Fsp3) is 0.316. The number of hydrogen-bond acceptors (Lipinski definition) is 4. The molecule has 150 valence electrons. The van der Waals surface area contributed by atoms with Crippen molar-refractivity contribution in [3.8, 4) is 0 Å². The lowest BCUT2D eigenvalue weighted by atomic mass is 10.2. The number of carbonyl (C=O) groups excluding carboxylic acids is 1. The van der Waals surface area contributed by atoms with Gasteiger partial charge < -0.3 is 10.2 Å². The van der Waals surface area contributed by atoms with Crippen LogP contribution in [0.1, 0.15) is 23.2 Å². The number of nitrogens with zero attached hydrogens (tertiary/aromatic N) is 2. The number of rotatable bonds is 5. The van der Waals surface area contributed by atoms with E-state index in [1.807, 2.05) is 19.0 Å². The summed E-state index contributed by atoms with van der Waals surface area (Å²) in [6.45, 7) is 0.975. The minimum absolute atomic E-state index is 0.0582. The van der Waals surface area contributed by atoms with Crippen molar-refractivity contribution in [1.29, 1.82) is 0 Å². The summed E-state index contributed by atoms with van der Waals surface area (Å²) in [7, 11) is 0.0374. The molecule has 0 radical (unpaired) electrons. The second-order valence-electron chi connectivity index (χ2n) is 6.76. The Labute approximate surface area is 175 Å². The molecule has 0 aromatic heterocycles. The lowest BCUT2D eigenvalue weighted by Crippen LogP contribution is -2.28. The average Bonchev–Trinajstić information content (AvgIpc) is 3.17. The molecule has 9 heteroatoms. The third kappa shape index (κ3) is 4.27. The quantitative estimate of drug-likeness (QED) is 0.757. The first kappa shape index (κ1) is 20.9. The zero-order valence-corrected chi connectivity index (χ0v) is 17.9. The summed E-state index contributed by atoms with van der Waals surface area (Å²) < 4.78 is 27.0. The molecule has 0 spiro atoms. The molecule has 0 bridgehead atoms. The molecule has 1 aliphatic heterocycles. The van der Waals surface area contributed by atoms with E-state index in [4.69, 9.17) is 23.2 Å². The van der Waals surface area contributed by atoms with Gasteiger partial charge in [-0.25, -0.2) is 8.42 Å². The van der Waals surface area contributed by atoms with Crippen molar-refractivity contribution in [2.45, 2.75) is 17.7 Å². The number of halogens is 2. The maximum Gasteiger partial charge on any atom is 0.257 e. The minimum atomic E-state index is -3.65. The molecule has 1 saturated heterocycles. The van der Waals surface area contributed by atoms with Crippen LogP contribution >= 0.6 is 23.2 Å². The maximum atomic E-state index is 12.9. The molecule has 1 amide bonds. The van der Waals surface area contributed by atoms with E-state index in [0.29, 0.717) is 23.8 Å². The fourth-order valence-corrected chi connectivity index (χ4v) is 5.02. The first-order valence-electron chi connectivity index (χ1n) is 8.78. The number of carbonyl (C=O) groups is 1. The predicted molar refractivity (Wildman–Crippen MR) is 113 cm³/mol. The summed E-state index contributed by atoms with van der Waals surface area (Å²) in [4.78, 5) is 14.7. The average molecular weight is 442 g/mol. The van der Waals surface area contributed by atoms with Crippen LogP contribution in [0.2, 0.25) is 10.0 Å². The van der Waals surface area contributed by atoms with Gasteiger partial charge in [-0.15, -0.1) is 0 Å². The Balaban J connectivity index is 1.94. The summed E-state index contributed by atoms with van der Waals surface area (Å²) >= 11 is 12.3. The van der Waals surface area contributed by atoms with Crippen molar-refractivity contribution in [2.75, 3.05) is 37.4 Å². The van der Waals surface area contributed by atoms with Crippen LogP contribution < -0.4 is 10.2 Å². The van der Waals surface area contributed by atoms with Gasteiger partial charge in [0.1, 0.15) is 0 Å². The first-order chi connectivity index (χ1) is 13.2. The molecule has 1 heterocycles. The summed E-state index contributed by atoms with van der Waals surface area (Å²) in [6.07, 6.45) is 1.67. The zero-order chi connectivity index (χ0) is 20.5. The van der Waals surface area contributed by atoms with Crippen LogP contribution in [0.15, 0.2) is 41.3 Å². The van der Waals surface area contributed by atoms with E-state index in [1.54, 1.807) is 18.2 Å². The number of nitrogens with one attached hydrogen (secondary N) is 1. The van der Waals surface area contributed by atoms with Crippen molar-refractivity contribution in [3.63, 3.8) is 0 Å². The minimum Gasteiger partial charge on any atom is -0.376 e. The topological polar surface area (TPSA) is 69.7 Å². The van der Waals surface area contributed by atoms with Crippen molar-refractivity contribution in [1.82, 2.24) is 4.31 Å². The monoisotopic (exact) mass is 441 g/mol. The first-order valence-corrected chi connectivity index (χ1v) is 11.0. The van der Waals surface area contributed by atoms with Crippen LogP contribution in [0.4, 0.5) is 11.4 Å². The number of amides is 1. The van der Waals surface area contributed by atoms with Crippen molar-refractivity contribution < 1.29 is 13.2 Å². The molecule has 3 rings (SSSR count). The molecule has 0 aliphatic carbocycles. The van der Waals surface area contributed by atoms with Gasteiger partial charge in [0.25, 0.3) is 5.91 Å². The zero-order valence-electron chi connectivity index (χ0n) is 15.6. The van der Waals surface area contributed by atoms with Gasteiger partial charge >= 0.3 is 0 Å². The Hall–Kier alpha value is -1.80. The third-order valence-corrected chi connectivity index (χ3v) is 7.03. The van der Waals surface area contributed by atoms with Crippen molar-refractivity contribution in [2.24, 2.45) is 0 Å². The molecular formula is C19H21Cl2N3O3S. The predicted octanol–water partition coefficient (Wildman–Crippen LogP) is 4.10. The number of benzene rings is 2. The molecule has 0 unspecified atom stereocenters. The van der Waals surface area contributed by atoms with E-state index in [2.05, 4.69) is 5.32 Å². The van der Waals surface area contributed by atoms with E-state index in [-0.39, 0.29) is 15.5 Å². The molecule has 28 heavy (non-hydrogen) atoms. The molecule has 1 aliphatic rings. The van der Waals surface area contributed by atoms with Crippen molar-refractivity contribution in [3.05, 3.63) is 52.0 Å². The Morgan fingerprint density at radius 3 is 2.39 bits per heavy atom. The van der Waals surface area contributed by atoms with Gasteiger partial charge in [-0.05, 0) is 49.2 Å². The lowest BCUT2D eigenvalue weighted by molar-refractivity contribution is 0.102. The summed E-state index contributed by atoms with van der Waals surface area (Å²) in [6, 6.07) is 9.33. The van der Waals surface area contributed by atoms with Gasteiger partial charge in [-0.2, -0.15) is 4.31 Å². The SMILES string of the molecule is CN(C)c1ccc(Cl)cc1NC(=O)c1cc(S(=O)(=O)N2CCCC2)ccc1Cl. The van der Waals surface area contributed by atoms with Gasteiger partial charge in [0.2, 0.25) is 10.0 Å². The summed E-state index contributed by atoms with van der Waals surface area (Å²) in [5.74, 6) is -0.506. The molecule has 2 aromatic rings. The van der Waals surface area contributed by atoms with Gasteiger partial charge in [0.15, 0.2) is 0 Å². The molecule has 1 N–H and O–H groups in total. The van der Waals surface area contributed by atoms with Crippen LogP contribution in [0.3, 0.4) is 0 Å². The highest BCUT2D eigenvalue weighted by Crippen LogP contribution is 2.30. The number of anilines is 2. The largest absolute Gasteiger partial charge is 0.376 e. The Morgan fingerprint density at radius 1 is 1.07 bits per heavy atom. The summed E-state index contributed by atoms with van der Waals surface area (Å²) in [5.41, 5.74) is 1.35. The third-order valence-electron chi connectivity index (χ3n) is 4.57. The van der Waals surface area contributed by atoms with Crippen LogP contribution in [0.5, 0.6) is 0 Å². The van der Waals surface area contributed by atoms with E-state index in [1.165, 1.54) is 22.5 Å². The number of hydrogen-bond donors (Lipinski definition) is 1. The maximum absolute atomic E-state index is 12.9. The second-order valence-corrected chi connectivity index (χ2v) is 9.54. The molecular weight excluding hydrogens is 421 g/mol. The van der Waals surface area contributed by atoms with E-state index in [0.717, 1.165) is 18.5 Å². The highest BCUT2D eigenvalue weighted by atomic mass is 35.5. The fourth-order valence-electron chi connectivity index (χ4n) is 3.10. The van der Waals surface area contributed by atoms with Gasteiger partial charge in [0.05, 0.1) is 26.9 Å². The van der Waals surface area contributed by atoms with Crippen LogP contribution in [0.25, 0.3) is 0 Å². The van der Waals surface area contributed by atoms with Crippen LogP contribution in [-0.4, -0.2) is 45.8 Å². The van der Waals surface area contributed by atoms with Crippen LogP contribution in [-0.2, 0) is 10.0 Å². The van der Waals surface area contributed by atoms with E-state index >= 15 is 0 Å².